The average molecular weight is 695 g/mol. The summed E-state index contributed by atoms with van der Waals surface area (Å²) in [5.41, 5.74) is 22.6. The van der Waals surface area contributed by atoms with E-state index < -0.39 is 0 Å². The van der Waals surface area contributed by atoms with E-state index in [1.807, 2.05) is 0 Å². The Morgan fingerprint density at radius 3 is 1.11 bits per heavy atom. The second kappa shape index (κ2) is 14.6. The van der Waals surface area contributed by atoms with Crippen molar-refractivity contribution < 1.29 is 0 Å². The molecule has 0 saturated heterocycles. The Kier molecular flexibility index (Phi) is 9.02. The molecular formula is C52H42N2. The Morgan fingerprint density at radius 2 is 0.704 bits per heavy atom. The lowest BCUT2D eigenvalue weighted by molar-refractivity contribution is 0.930. The number of aromatic nitrogens is 2. The van der Waals surface area contributed by atoms with Crippen LogP contribution in [0.2, 0.25) is 0 Å². The van der Waals surface area contributed by atoms with Crippen LogP contribution in [0.1, 0.15) is 33.4 Å². The molecule has 0 amide bonds. The zero-order chi connectivity index (χ0) is 36.4. The molecule has 54 heavy (non-hydrogen) atoms. The van der Waals surface area contributed by atoms with E-state index in [1.165, 1.54) is 66.8 Å². The molecule has 0 fully saturated rings. The molecule has 0 N–H and O–H groups in total. The van der Waals surface area contributed by atoms with Gasteiger partial charge in [-0.3, -0.25) is 0 Å². The fraction of sp³-hybridized carbons (Fsp3) is 0.115. The zero-order valence-electron chi connectivity index (χ0n) is 30.9. The van der Waals surface area contributed by atoms with Crippen molar-refractivity contribution in [1.29, 1.82) is 0 Å². The SMILES string of the molecule is Cc1ccc(-c2cc(-c3ccccc3)nc3c2CCc2ccccc2-3)cc1.Cc1ccc(-c2cc(-c3ccccc3)nc3c2CCc2ccccc2-3)cc1. The molecule has 0 bridgehead atoms. The van der Waals surface area contributed by atoms with Gasteiger partial charge in [0, 0.05) is 22.3 Å². The van der Waals surface area contributed by atoms with Gasteiger partial charge in [-0.1, -0.05) is 169 Å². The van der Waals surface area contributed by atoms with Gasteiger partial charge in [-0.25, -0.2) is 9.97 Å². The summed E-state index contributed by atoms with van der Waals surface area (Å²) in [7, 11) is 0. The van der Waals surface area contributed by atoms with Gasteiger partial charge < -0.3 is 0 Å². The van der Waals surface area contributed by atoms with E-state index in [1.54, 1.807) is 0 Å². The van der Waals surface area contributed by atoms with Crippen LogP contribution in [0.5, 0.6) is 0 Å². The maximum Gasteiger partial charge on any atom is 0.0750 e. The highest BCUT2D eigenvalue weighted by Crippen LogP contribution is 2.41. The fourth-order valence-corrected chi connectivity index (χ4v) is 8.05. The molecule has 0 radical (unpaired) electrons. The molecule has 2 aliphatic carbocycles. The van der Waals surface area contributed by atoms with Crippen molar-refractivity contribution in [3.63, 3.8) is 0 Å². The molecule has 0 unspecified atom stereocenters. The maximum atomic E-state index is 5.13. The fourth-order valence-electron chi connectivity index (χ4n) is 8.05. The van der Waals surface area contributed by atoms with E-state index in [4.69, 9.17) is 9.97 Å². The molecule has 0 saturated carbocycles. The third-order valence-corrected chi connectivity index (χ3v) is 10.9. The van der Waals surface area contributed by atoms with Crippen molar-refractivity contribution in [3.8, 4) is 67.3 Å². The molecule has 260 valence electrons. The van der Waals surface area contributed by atoms with Crippen molar-refractivity contribution in [3.05, 3.63) is 203 Å². The van der Waals surface area contributed by atoms with Crippen molar-refractivity contribution in [1.82, 2.24) is 9.97 Å². The first-order chi connectivity index (χ1) is 26.6. The number of aryl methyl sites for hydroxylation is 4. The summed E-state index contributed by atoms with van der Waals surface area (Å²) in [6.45, 7) is 4.27. The zero-order valence-corrected chi connectivity index (χ0v) is 30.9. The van der Waals surface area contributed by atoms with Crippen molar-refractivity contribution >= 4 is 0 Å². The van der Waals surface area contributed by atoms with Crippen molar-refractivity contribution in [2.45, 2.75) is 39.5 Å². The van der Waals surface area contributed by atoms with Gasteiger partial charge in [-0.05, 0) is 96.2 Å². The minimum absolute atomic E-state index is 1.04. The number of rotatable bonds is 4. The maximum absolute atomic E-state index is 5.13. The molecule has 2 heteroatoms. The third-order valence-electron chi connectivity index (χ3n) is 10.9. The lowest BCUT2D eigenvalue weighted by Gasteiger charge is -2.23. The van der Waals surface area contributed by atoms with Crippen LogP contribution in [-0.2, 0) is 25.7 Å². The van der Waals surface area contributed by atoms with E-state index in [9.17, 15) is 0 Å². The molecule has 2 aliphatic rings. The van der Waals surface area contributed by atoms with Crippen LogP contribution in [0.15, 0.2) is 170 Å². The van der Waals surface area contributed by atoms with Gasteiger partial charge >= 0.3 is 0 Å². The van der Waals surface area contributed by atoms with Crippen LogP contribution in [0.3, 0.4) is 0 Å². The van der Waals surface area contributed by atoms with Gasteiger partial charge in [-0.15, -0.1) is 0 Å². The summed E-state index contributed by atoms with van der Waals surface area (Å²) in [6, 6.07) is 60.7. The smallest absolute Gasteiger partial charge is 0.0750 e. The molecule has 10 rings (SSSR count). The second-order valence-corrected chi connectivity index (χ2v) is 14.5. The Balaban J connectivity index is 0.000000142. The number of pyridine rings is 2. The molecule has 2 heterocycles. The molecule has 2 nitrogen and oxygen atoms in total. The normalized spacial score (nSPS) is 12.3. The highest BCUT2D eigenvalue weighted by atomic mass is 14.7. The topological polar surface area (TPSA) is 25.8 Å². The minimum atomic E-state index is 1.04. The van der Waals surface area contributed by atoms with Gasteiger partial charge in [0.25, 0.3) is 0 Å². The summed E-state index contributed by atoms with van der Waals surface area (Å²) in [5.74, 6) is 0. The van der Waals surface area contributed by atoms with Gasteiger partial charge in [0.15, 0.2) is 0 Å². The standard InChI is InChI=1S/2C26H21N/c2*1-18-11-13-20(14-12-18)24-17-25(21-8-3-2-4-9-21)27-26-22-10-6-5-7-19(22)15-16-23(24)26/h2*2-14,17H,15-16H2,1H3. The number of benzene rings is 6. The number of hydrogen-bond donors (Lipinski definition) is 0. The lowest BCUT2D eigenvalue weighted by atomic mass is 9.84. The predicted molar refractivity (Wildman–Crippen MR) is 225 cm³/mol. The van der Waals surface area contributed by atoms with E-state index in [2.05, 4.69) is 184 Å². The molecule has 8 aromatic rings. The Bertz CT molecular complexity index is 2400. The number of fused-ring (bicyclic) bond motifs is 6. The Morgan fingerprint density at radius 1 is 0.333 bits per heavy atom. The highest BCUT2D eigenvalue weighted by Gasteiger charge is 2.24. The van der Waals surface area contributed by atoms with Gasteiger partial charge in [-0.2, -0.15) is 0 Å². The van der Waals surface area contributed by atoms with Crippen LogP contribution in [0.4, 0.5) is 0 Å². The Labute approximate surface area is 318 Å². The van der Waals surface area contributed by atoms with Crippen LogP contribution in [-0.4, -0.2) is 9.97 Å². The summed E-state index contributed by atoms with van der Waals surface area (Å²) in [6.07, 6.45) is 4.23. The van der Waals surface area contributed by atoms with Crippen LogP contribution in [0, 0.1) is 13.8 Å². The van der Waals surface area contributed by atoms with E-state index in [0.29, 0.717) is 0 Å². The average Bonchev–Trinajstić information content (AvgIpc) is 3.24. The van der Waals surface area contributed by atoms with Crippen molar-refractivity contribution in [2.75, 3.05) is 0 Å². The predicted octanol–water partition coefficient (Wildman–Crippen LogP) is 13.0. The molecule has 0 atom stereocenters. The first kappa shape index (κ1) is 33.5. The largest absolute Gasteiger partial charge is 0.247 e. The Hall–Kier alpha value is -6.38. The van der Waals surface area contributed by atoms with Gasteiger partial charge in [0.1, 0.15) is 0 Å². The summed E-state index contributed by atoms with van der Waals surface area (Å²) < 4.78 is 0. The molecule has 0 spiro atoms. The minimum Gasteiger partial charge on any atom is -0.247 e. The summed E-state index contributed by atoms with van der Waals surface area (Å²) >= 11 is 0. The summed E-state index contributed by atoms with van der Waals surface area (Å²) in [4.78, 5) is 10.3. The van der Waals surface area contributed by atoms with Gasteiger partial charge in [0.05, 0.1) is 22.8 Å². The van der Waals surface area contributed by atoms with E-state index in [-0.39, 0.29) is 0 Å². The highest BCUT2D eigenvalue weighted by molar-refractivity contribution is 5.84. The number of nitrogens with zero attached hydrogens (tertiary/aromatic N) is 2. The van der Waals surface area contributed by atoms with Gasteiger partial charge in [0.2, 0.25) is 0 Å². The van der Waals surface area contributed by atoms with E-state index >= 15 is 0 Å². The first-order valence-electron chi connectivity index (χ1n) is 19.1. The number of hydrogen-bond acceptors (Lipinski definition) is 2. The molecule has 6 aromatic carbocycles. The quantitative estimate of drug-likeness (QED) is 0.183. The second-order valence-electron chi connectivity index (χ2n) is 14.5. The van der Waals surface area contributed by atoms with Crippen LogP contribution >= 0.6 is 0 Å². The molecule has 2 aromatic heterocycles. The first-order valence-corrected chi connectivity index (χ1v) is 19.1. The lowest BCUT2D eigenvalue weighted by Crippen LogP contribution is -2.08. The summed E-state index contributed by atoms with van der Waals surface area (Å²) in [5, 5.41) is 0. The van der Waals surface area contributed by atoms with E-state index in [0.717, 1.165) is 59.6 Å². The van der Waals surface area contributed by atoms with Crippen LogP contribution < -0.4 is 0 Å². The van der Waals surface area contributed by atoms with Crippen molar-refractivity contribution in [2.24, 2.45) is 0 Å². The van der Waals surface area contributed by atoms with Crippen LogP contribution in [0.25, 0.3) is 67.3 Å². The molecule has 0 aliphatic heterocycles. The third kappa shape index (κ3) is 6.57. The molecular weight excluding hydrogens is 653 g/mol. The monoisotopic (exact) mass is 694 g/mol.